The third kappa shape index (κ3) is 5.82. The Bertz CT molecular complexity index is 355. The van der Waals surface area contributed by atoms with Gasteiger partial charge in [0.25, 0.3) is 0 Å². The molecule has 0 fully saturated rings. The van der Waals surface area contributed by atoms with E-state index < -0.39 is 0 Å². The number of aromatic nitrogens is 1. The molecule has 0 unspecified atom stereocenters. The fraction of sp³-hybridized carbons (Fsp3) is 0.538. The van der Waals surface area contributed by atoms with Gasteiger partial charge in [0.1, 0.15) is 10.3 Å². The normalized spacial score (nSPS) is 10.2. The minimum Gasteiger partial charge on any atom is -0.461 e. The van der Waals surface area contributed by atoms with Crippen molar-refractivity contribution in [3.8, 4) is 0 Å². The molecule has 1 heterocycles. The zero-order valence-corrected chi connectivity index (χ0v) is 11.7. The van der Waals surface area contributed by atoms with Gasteiger partial charge < -0.3 is 4.74 Å². The quantitative estimate of drug-likeness (QED) is 0.434. The molecule has 0 N–H and O–H groups in total. The Morgan fingerprint density at radius 3 is 2.76 bits per heavy atom. The maximum absolute atomic E-state index is 11.6. The Hall–Kier alpha value is -0.900. The third-order valence-electron chi connectivity index (χ3n) is 2.41. The van der Waals surface area contributed by atoms with Crippen molar-refractivity contribution in [3.05, 3.63) is 28.5 Å². The Kier molecular flexibility index (Phi) is 6.86. The van der Waals surface area contributed by atoms with Gasteiger partial charge in [0, 0.05) is 0 Å². The van der Waals surface area contributed by atoms with E-state index in [1.54, 1.807) is 18.2 Å². The predicted molar refractivity (Wildman–Crippen MR) is 71.0 cm³/mol. The molecule has 0 radical (unpaired) electrons. The van der Waals surface area contributed by atoms with E-state index in [9.17, 15) is 4.79 Å². The average molecular weight is 300 g/mol. The van der Waals surface area contributed by atoms with Crippen LogP contribution < -0.4 is 0 Å². The summed E-state index contributed by atoms with van der Waals surface area (Å²) in [6.07, 6.45) is 5.73. The SMILES string of the molecule is CCCCCCCOC(=O)c1cccc(Br)n1. The standard InChI is InChI=1S/C13H18BrNO2/c1-2-3-4-5-6-10-17-13(16)11-8-7-9-12(14)15-11/h7-9H,2-6,10H2,1H3. The van der Waals surface area contributed by atoms with Gasteiger partial charge in [-0.2, -0.15) is 0 Å². The summed E-state index contributed by atoms with van der Waals surface area (Å²) < 4.78 is 5.79. The molecule has 0 aliphatic heterocycles. The maximum atomic E-state index is 11.6. The van der Waals surface area contributed by atoms with Gasteiger partial charge in [0.15, 0.2) is 0 Å². The van der Waals surface area contributed by atoms with Gasteiger partial charge >= 0.3 is 5.97 Å². The van der Waals surface area contributed by atoms with Crippen molar-refractivity contribution in [1.29, 1.82) is 0 Å². The van der Waals surface area contributed by atoms with Gasteiger partial charge in [0.2, 0.25) is 0 Å². The van der Waals surface area contributed by atoms with Crippen molar-refractivity contribution in [1.82, 2.24) is 4.98 Å². The van der Waals surface area contributed by atoms with Crippen LogP contribution in [0.25, 0.3) is 0 Å². The van der Waals surface area contributed by atoms with Crippen molar-refractivity contribution in [2.24, 2.45) is 0 Å². The molecular weight excluding hydrogens is 282 g/mol. The fourth-order valence-corrected chi connectivity index (χ4v) is 1.81. The molecule has 1 rings (SSSR count). The maximum Gasteiger partial charge on any atom is 0.356 e. The minimum atomic E-state index is -0.346. The molecule has 0 spiro atoms. The highest BCUT2D eigenvalue weighted by Crippen LogP contribution is 2.08. The predicted octanol–water partition coefficient (Wildman–Crippen LogP) is 3.97. The van der Waals surface area contributed by atoms with Crippen LogP contribution >= 0.6 is 15.9 Å². The molecule has 0 atom stereocenters. The van der Waals surface area contributed by atoms with E-state index in [4.69, 9.17) is 4.74 Å². The summed E-state index contributed by atoms with van der Waals surface area (Å²) in [7, 11) is 0. The highest BCUT2D eigenvalue weighted by atomic mass is 79.9. The van der Waals surface area contributed by atoms with Crippen molar-refractivity contribution < 1.29 is 9.53 Å². The number of rotatable bonds is 7. The van der Waals surface area contributed by atoms with Gasteiger partial charge in [-0.3, -0.25) is 0 Å². The number of carbonyl (C=O) groups excluding carboxylic acids is 1. The number of pyridine rings is 1. The first-order chi connectivity index (χ1) is 8.24. The minimum absolute atomic E-state index is 0.346. The number of carbonyl (C=O) groups is 1. The topological polar surface area (TPSA) is 39.2 Å². The summed E-state index contributed by atoms with van der Waals surface area (Å²) in [5, 5.41) is 0. The molecule has 94 valence electrons. The zero-order chi connectivity index (χ0) is 12.5. The summed E-state index contributed by atoms with van der Waals surface area (Å²) in [4.78, 5) is 15.6. The van der Waals surface area contributed by atoms with E-state index >= 15 is 0 Å². The van der Waals surface area contributed by atoms with Crippen LogP contribution in [0.5, 0.6) is 0 Å². The third-order valence-corrected chi connectivity index (χ3v) is 2.85. The molecule has 0 aliphatic rings. The van der Waals surface area contributed by atoms with E-state index in [0.717, 1.165) is 12.8 Å². The summed E-state index contributed by atoms with van der Waals surface area (Å²) in [6, 6.07) is 5.21. The van der Waals surface area contributed by atoms with Crippen molar-refractivity contribution in [2.45, 2.75) is 39.0 Å². The number of hydrogen-bond donors (Lipinski definition) is 0. The smallest absolute Gasteiger partial charge is 0.356 e. The van der Waals surface area contributed by atoms with Gasteiger partial charge in [-0.15, -0.1) is 0 Å². The zero-order valence-electron chi connectivity index (χ0n) is 10.1. The molecule has 17 heavy (non-hydrogen) atoms. The van der Waals surface area contributed by atoms with Crippen LogP contribution in [0.4, 0.5) is 0 Å². The average Bonchev–Trinajstić information content (AvgIpc) is 2.33. The van der Waals surface area contributed by atoms with Crippen LogP contribution in [0.3, 0.4) is 0 Å². The van der Waals surface area contributed by atoms with Gasteiger partial charge in [-0.25, -0.2) is 9.78 Å². The lowest BCUT2D eigenvalue weighted by molar-refractivity contribution is 0.0490. The molecule has 0 bridgehead atoms. The molecule has 1 aromatic heterocycles. The van der Waals surface area contributed by atoms with Crippen LogP contribution in [0.1, 0.15) is 49.5 Å². The number of ether oxygens (including phenoxy) is 1. The second kappa shape index (κ2) is 8.23. The van der Waals surface area contributed by atoms with E-state index in [1.807, 2.05) is 0 Å². The second-order valence-electron chi connectivity index (χ2n) is 3.90. The fourth-order valence-electron chi connectivity index (χ4n) is 1.47. The molecular formula is C13H18BrNO2. The van der Waals surface area contributed by atoms with Crippen molar-refractivity contribution >= 4 is 21.9 Å². The van der Waals surface area contributed by atoms with E-state index in [1.165, 1.54) is 19.3 Å². The summed E-state index contributed by atoms with van der Waals surface area (Å²) >= 11 is 3.22. The molecule has 4 heteroatoms. The lowest BCUT2D eigenvalue weighted by atomic mass is 10.2. The van der Waals surface area contributed by atoms with Crippen LogP contribution in [0.15, 0.2) is 22.8 Å². The Morgan fingerprint density at radius 1 is 1.29 bits per heavy atom. The van der Waals surface area contributed by atoms with Gasteiger partial charge in [0.05, 0.1) is 6.61 Å². The summed E-state index contributed by atoms with van der Waals surface area (Å²) in [6.45, 7) is 2.66. The highest BCUT2D eigenvalue weighted by molar-refractivity contribution is 9.10. The van der Waals surface area contributed by atoms with Crippen molar-refractivity contribution in [3.63, 3.8) is 0 Å². The summed E-state index contributed by atoms with van der Waals surface area (Å²) in [5.74, 6) is -0.346. The number of unbranched alkanes of at least 4 members (excludes halogenated alkanes) is 4. The van der Waals surface area contributed by atoms with Crippen LogP contribution in [0.2, 0.25) is 0 Å². The number of hydrogen-bond acceptors (Lipinski definition) is 3. The first-order valence-electron chi connectivity index (χ1n) is 6.03. The lowest BCUT2D eigenvalue weighted by Gasteiger charge is -2.04. The molecule has 3 nitrogen and oxygen atoms in total. The monoisotopic (exact) mass is 299 g/mol. The Balaban J connectivity index is 2.21. The van der Waals surface area contributed by atoms with Gasteiger partial charge in [-0.1, -0.05) is 38.7 Å². The number of halogens is 1. The number of nitrogens with zero attached hydrogens (tertiary/aromatic N) is 1. The number of esters is 1. The second-order valence-corrected chi connectivity index (χ2v) is 4.71. The van der Waals surface area contributed by atoms with E-state index in [2.05, 4.69) is 27.8 Å². The van der Waals surface area contributed by atoms with Crippen LogP contribution in [-0.2, 0) is 4.74 Å². The lowest BCUT2D eigenvalue weighted by Crippen LogP contribution is -2.08. The Morgan fingerprint density at radius 2 is 2.06 bits per heavy atom. The van der Waals surface area contributed by atoms with Crippen LogP contribution in [-0.4, -0.2) is 17.6 Å². The molecule has 0 amide bonds. The highest BCUT2D eigenvalue weighted by Gasteiger charge is 2.08. The molecule has 0 aliphatic carbocycles. The Labute approximate surface area is 111 Å². The van der Waals surface area contributed by atoms with Gasteiger partial charge in [-0.05, 0) is 34.5 Å². The van der Waals surface area contributed by atoms with Crippen molar-refractivity contribution in [2.75, 3.05) is 6.61 Å². The summed E-state index contributed by atoms with van der Waals surface area (Å²) in [5.41, 5.74) is 0.355. The molecule has 0 aromatic carbocycles. The largest absolute Gasteiger partial charge is 0.461 e. The molecule has 0 saturated heterocycles. The molecule has 0 saturated carbocycles. The first kappa shape index (κ1) is 14.2. The van der Waals surface area contributed by atoms with E-state index in [0.29, 0.717) is 16.9 Å². The molecule has 1 aromatic rings. The van der Waals surface area contributed by atoms with Crippen LogP contribution in [0, 0.1) is 0 Å². The first-order valence-corrected chi connectivity index (χ1v) is 6.83. The van der Waals surface area contributed by atoms with E-state index in [-0.39, 0.29) is 5.97 Å².